The van der Waals surface area contributed by atoms with Crippen LogP contribution in [0.4, 0.5) is 0 Å². The maximum Gasteiger partial charge on any atom is 0.306 e. The summed E-state index contributed by atoms with van der Waals surface area (Å²) in [4.78, 5) is 22.8. The molecule has 4 N–H and O–H groups in total. The van der Waals surface area contributed by atoms with Crippen molar-refractivity contribution in [1.29, 1.82) is 0 Å². The SMILES string of the molecule is CCCCN(CC(N)=O)CC(O)CC(=O)O. The Labute approximate surface area is 95.0 Å². The van der Waals surface area contributed by atoms with Crippen LogP contribution in [0.2, 0.25) is 0 Å². The highest BCUT2D eigenvalue weighted by atomic mass is 16.4. The Morgan fingerprint density at radius 3 is 2.50 bits per heavy atom. The van der Waals surface area contributed by atoms with Gasteiger partial charge in [-0.2, -0.15) is 0 Å². The van der Waals surface area contributed by atoms with Gasteiger partial charge in [0.15, 0.2) is 0 Å². The zero-order valence-corrected chi connectivity index (χ0v) is 9.56. The lowest BCUT2D eigenvalue weighted by Gasteiger charge is -2.22. The summed E-state index contributed by atoms with van der Waals surface area (Å²) in [5.74, 6) is -1.53. The zero-order chi connectivity index (χ0) is 12.6. The molecule has 0 aromatic carbocycles. The number of carboxylic acid groups (broad SMARTS) is 1. The van der Waals surface area contributed by atoms with Crippen LogP contribution < -0.4 is 5.73 Å². The van der Waals surface area contributed by atoms with E-state index in [0.29, 0.717) is 6.54 Å². The van der Waals surface area contributed by atoms with Crippen LogP contribution in [0, 0.1) is 0 Å². The second kappa shape index (κ2) is 8.06. The minimum atomic E-state index is -1.05. The summed E-state index contributed by atoms with van der Waals surface area (Å²) in [5, 5.41) is 17.9. The number of aliphatic hydroxyl groups is 1. The van der Waals surface area contributed by atoms with Crippen molar-refractivity contribution in [1.82, 2.24) is 4.90 Å². The molecule has 0 radical (unpaired) electrons. The first-order chi connectivity index (χ1) is 7.45. The molecule has 0 bridgehead atoms. The van der Waals surface area contributed by atoms with Crippen LogP contribution in [-0.4, -0.2) is 52.7 Å². The van der Waals surface area contributed by atoms with Crippen LogP contribution in [0.1, 0.15) is 26.2 Å². The number of hydrogen-bond donors (Lipinski definition) is 3. The standard InChI is InChI=1S/C10H20N2O4/c1-2-3-4-12(7-9(11)14)6-8(13)5-10(15)16/h8,13H,2-7H2,1H3,(H2,11,14)(H,15,16). The van der Waals surface area contributed by atoms with Gasteiger partial charge in [0.05, 0.1) is 19.1 Å². The van der Waals surface area contributed by atoms with Crippen LogP contribution in [0.25, 0.3) is 0 Å². The van der Waals surface area contributed by atoms with Crippen LogP contribution >= 0.6 is 0 Å². The van der Waals surface area contributed by atoms with Crippen LogP contribution in [0.3, 0.4) is 0 Å². The number of nitrogens with two attached hydrogens (primary N) is 1. The van der Waals surface area contributed by atoms with Gasteiger partial charge in [-0.25, -0.2) is 0 Å². The Bertz CT molecular complexity index is 233. The maximum absolute atomic E-state index is 10.8. The first-order valence-corrected chi connectivity index (χ1v) is 5.36. The van der Waals surface area contributed by atoms with Crippen molar-refractivity contribution < 1.29 is 19.8 Å². The minimum Gasteiger partial charge on any atom is -0.481 e. The molecule has 0 spiro atoms. The van der Waals surface area contributed by atoms with Crippen LogP contribution in [0.15, 0.2) is 0 Å². The fourth-order valence-electron chi connectivity index (χ4n) is 1.40. The Hall–Kier alpha value is -1.14. The van der Waals surface area contributed by atoms with Gasteiger partial charge < -0.3 is 15.9 Å². The molecule has 1 unspecified atom stereocenters. The van der Waals surface area contributed by atoms with Gasteiger partial charge in [0, 0.05) is 6.54 Å². The second-order valence-electron chi connectivity index (χ2n) is 3.81. The number of nitrogens with zero attached hydrogens (tertiary/aromatic N) is 1. The highest BCUT2D eigenvalue weighted by Crippen LogP contribution is 2.00. The van der Waals surface area contributed by atoms with Gasteiger partial charge in [-0.05, 0) is 13.0 Å². The van der Waals surface area contributed by atoms with Gasteiger partial charge >= 0.3 is 5.97 Å². The largest absolute Gasteiger partial charge is 0.481 e. The first kappa shape index (κ1) is 14.9. The third kappa shape index (κ3) is 8.19. The lowest BCUT2D eigenvalue weighted by atomic mass is 10.2. The number of primary amides is 1. The van der Waals surface area contributed by atoms with Crippen molar-refractivity contribution in [2.45, 2.75) is 32.3 Å². The lowest BCUT2D eigenvalue weighted by Crippen LogP contribution is -2.40. The van der Waals surface area contributed by atoms with Gasteiger partial charge in [0.2, 0.25) is 5.91 Å². The number of carbonyl (C=O) groups excluding carboxylic acids is 1. The van der Waals surface area contributed by atoms with Crippen molar-refractivity contribution in [3.63, 3.8) is 0 Å². The average Bonchev–Trinajstić information content (AvgIpc) is 2.11. The van der Waals surface area contributed by atoms with Gasteiger partial charge in [-0.3, -0.25) is 14.5 Å². The molecule has 0 heterocycles. The number of amides is 1. The van der Waals surface area contributed by atoms with E-state index < -0.39 is 18.0 Å². The van der Waals surface area contributed by atoms with E-state index >= 15 is 0 Å². The number of aliphatic hydroxyl groups excluding tert-OH is 1. The number of unbranched alkanes of at least 4 members (excludes halogenated alkanes) is 1. The third-order valence-corrected chi connectivity index (χ3v) is 2.09. The van der Waals surface area contributed by atoms with Gasteiger partial charge in [-0.1, -0.05) is 13.3 Å². The average molecular weight is 232 g/mol. The predicted octanol–water partition coefficient (Wildman–Crippen LogP) is -0.591. The number of rotatable bonds is 9. The lowest BCUT2D eigenvalue weighted by molar-refractivity contribution is -0.139. The molecule has 6 nitrogen and oxygen atoms in total. The molecule has 0 aromatic heterocycles. The zero-order valence-electron chi connectivity index (χ0n) is 9.56. The van der Waals surface area contributed by atoms with E-state index in [9.17, 15) is 14.7 Å². The van der Waals surface area contributed by atoms with Gasteiger partial charge in [0.1, 0.15) is 0 Å². The molecule has 6 heteroatoms. The van der Waals surface area contributed by atoms with E-state index in [1.54, 1.807) is 4.90 Å². The highest BCUT2D eigenvalue weighted by molar-refractivity contribution is 5.75. The molecule has 0 aliphatic rings. The molecule has 0 saturated heterocycles. The molecule has 16 heavy (non-hydrogen) atoms. The van der Waals surface area contributed by atoms with Crippen molar-refractivity contribution in [3.8, 4) is 0 Å². The molecule has 94 valence electrons. The van der Waals surface area contributed by atoms with Gasteiger partial charge in [0.25, 0.3) is 0 Å². The number of hydrogen-bond acceptors (Lipinski definition) is 4. The molecule has 0 aromatic rings. The van der Waals surface area contributed by atoms with E-state index in [1.165, 1.54) is 0 Å². The van der Waals surface area contributed by atoms with E-state index in [1.807, 2.05) is 6.92 Å². The summed E-state index contributed by atoms with van der Waals surface area (Å²) in [5.41, 5.74) is 5.06. The number of carbonyl (C=O) groups is 2. The quantitative estimate of drug-likeness (QED) is 0.493. The number of aliphatic carboxylic acids is 1. The predicted molar refractivity (Wildman–Crippen MR) is 58.8 cm³/mol. The summed E-state index contributed by atoms with van der Waals surface area (Å²) in [6.07, 6.45) is 0.562. The molecular formula is C10H20N2O4. The molecule has 0 aliphatic heterocycles. The minimum absolute atomic E-state index is 0.0523. The topological polar surface area (TPSA) is 104 Å². The van der Waals surface area contributed by atoms with Crippen LogP contribution in [-0.2, 0) is 9.59 Å². The first-order valence-electron chi connectivity index (χ1n) is 5.36. The summed E-state index contributed by atoms with van der Waals surface area (Å²) >= 11 is 0. The summed E-state index contributed by atoms with van der Waals surface area (Å²) < 4.78 is 0. The van der Waals surface area contributed by atoms with Crippen molar-refractivity contribution in [2.75, 3.05) is 19.6 Å². The molecule has 0 rings (SSSR count). The van der Waals surface area contributed by atoms with Crippen molar-refractivity contribution in [3.05, 3.63) is 0 Å². The fraction of sp³-hybridized carbons (Fsp3) is 0.800. The van der Waals surface area contributed by atoms with E-state index in [2.05, 4.69) is 0 Å². The van der Waals surface area contributed by atoms with E-state index in [-0.39, 0.29) is 19.5 Å². The molecule has 0 aliphatic carbocycles. The molecular weight excluding hydrogens is 212 g/mol. The maximum atomic E-state index is 10.8. The summed E-state index contributed by atoms with van der Waals surface area (Å²) in [7, 11) is 0. The fourth-order valence-corrected chi connectivity index (χ4v) is 1.40. The van der Waals surface area contributed by atoms with Gasteiger partial charge in [-0.15, -0.1) is 0 Å². The van der Waals surface area contributed by atoms with Crippen molar-refractivity contribution >= 4 is 11.9 Å². The highest BCUT2D eigenvalue weighted by Gasteiger charge is 2.15. The second-order valence-corrected chi connectivity index (χ2v) is 3.81. The van der Waals surface area contributed by atoms with Crippen LogP contribution in [0.5, 0.6) is 0 Å². The van der Waals surface area contributed by atoms with Crippen molar-refractivity contribution in [2.24, 2.45) is 5.73 Å². The molecule has 1 amide bonds. The monoisotopic (exact) mass is 232 g/mol. The molecule has 0 fully saturated rings. The van der Waals surface area contributed by atoms with E-state index in [0.717, 1.165) is 12.8 Å². The summed E-state index contributed by atoms with van der Waals surface area (Å²) in [6, 6.07) is 0. The Morgan fingerprint density at radius 1 is 1.44 bits per heavy atom. The molecule has 0 saturated carbocycles. The summed E-state index contributed by atoms with van der Waals surface area (Å²) in [6.45, 7) is 2.86. The normalized spacial score (nSPS) is 12.7. The number of carboxylic acids is 1. The Morgan fingerprint density at radius 2 is 2.06 bits per heavy atom. The smallest absolute Gasteiger partial charge is 0.306 e. The Balaban J connectivity index is 4.07. The third-order valence-electron chi connectivity index (χ3n) is 2.09. The van der Waals surface area contributed by atoms with E-state index in [4.69, 9.17) is 10.8 Å². The Kier molecular flexibility index (Phi) is 7.49. The molecule has 1 atom stereocenters.